The van der Waals surface area contributed by atoms with E-state index in [1.807, 2.05) is 20.8 Å². The quantitative estimate of drug-likeness (QED) is 0.792. The molecule has 1 amide bonds. The Labute approximate surface area is 96.8 Å². The van der Waals surface area contributed by atoms with Crippen LogP contribution in [0.2, 0.25) is 0 Å². The summed E-state index contributed by atoms with van der Waals surface area (Å²) in [6, 6.07) is 1.79. The summed E-state index contributed by atoms with van der Waals surface area (Å²) in [7, 11) is 0. The molecule has 0 saturated carbocycles. The van der Waals surface area contributed by atoms with Gasteiger partial charge in [0.1, 0.15) is 5.69 Å². The second kappa shape index (κ2) is 3.61. The highest BCUT2D eigenvalue weighted by molar-refractivity contribution is 5.91. The fraction of sp³-hybridized carbons (Fsp3) is 0.667. The first-order chi connectivity index (χ1) is 7.03. The zero-order valence-corrected chi connectivity index (χ0v) is 11.0. The number of amides is 1. The van der Waals surface area contributed by atoms with Gasteiger partial charge in [-0.05, 0) is 26.8 Å². The molecule has 0 saturated heterocycles. The molecule has 0 unspecified atom stereocenters. The number of hydrogen-bond donors (Lipinski definition) is 1. The van der Waals surface area contributed by atoms with Crippen LogP contribution in [0.1, 0.15) is 57.7 Å². The lowest BCUT2D eigenvalue weighted by Crippen LogP contribution is -2.29. The van der Waals surface area contributed by atoms with E-state index in [0.717, 1.165) is 5.69 Å². The Morgan fingerprint density at radius 1 is 1.25 bits per heavy atom. The number of nitrogens with zero attached hydrogens (tertiary/aromatic N) is 2. The van der Waals surface area contributed by atoms with Crippen LogP contribution in [0.25, 0.3) is 0 Å². The third-order valence-corrected chi connectivity index (χ3v) is 2.37. The molecule has 16 heavy (non-hydrogen) atoms. The maximum absolute atomic E-state index is 11.4. The van der Waals surface area contributed by atoms with Crippen molar-refractivity contribution in [1.29, 1.82) is 0 Å². The van der Waals surface area contributed by atoms with E-state index in [4.69, 9.17) is 5.73 Å². The Morgan fingerprint density at radius 3 is 2.00 bits per heavy atom. The number of carbonyl (C=O) groups is 1. The van der Waals surface area contributed by atoms with E-state index in [9.17, 15) is 4.79 Å². The van der Waals surface area contributed by atoms with Gasteiger partial charge in [0.15, 0.2) is 0 Å². The minimum absolute atomic E-state index is 0.0826. The smallest absolute Gasteiger partial charge is 0.267 e. The SMILES string of the molecule is CC(C)(C)c1cc(C(N)=O)n(C(C)(C)C)n1. The van der Waals surface area contributed by atoms with Gasteiger partial charge in [-0.2, -0.15) is 5.10 Å². The molecule has 2 N–H and O–H groups in total. The summed E-state index contributed by atoms with van der Waals surface area (Å²) in [5.41, 5.74) is 6.40. The maximum Gasteiger partial charge on any atom is 0.267 e. The van der Waals surface area contributed by atoms with Gasteiger partial charge in [-0.25, -0.2) is 0 Å². The Hall–Kier alpha value is -1.32. The summed E-state index contributed by atoms with van der Waals surface area (Å²) < 4.78 is 1.70. The fourth-order valence-electron chi connectivity index (χ4n) is 1.43. The number of primary amides is 1. The van der Waals surface area contributed by atoms with Crippen molar-refractivity contribution in [2.45, 2.75) is 52.5 Å². The summed E-state index contributed by atoms with van der Waals surface area (Å²) >= 11 is 0. The van der Waals surface area contributed by atoms with E-state index in [1.54, 1.807) is 10.7 Å². The molecule has 0 bridgehead atoms. The Balaban J connectivity index is 3.38. The summed E-state index contributed by atoms with van der Waals surface area (Å²) in [6.45, 7) is 12.2. The lowest BCUT2D eigenvalue weighted by atomic mass is 9.92. The minimum atomic E-state index is -0.432. The maximum atomic E-state index is 11.4. The van der Waals surface area contributed by atoms with Crippen LogP contribution in [-0.2, 0) is 11.0 Å². The van der Waals surface area contributed by atoms with Gasteiger partial charge in [0.2, 0.25) is 0 Å². The standard InChI is InChI=1S/C12H21N3O/c1-11(2,3)9-7-8(10(13)16)15(14-9)12(4,5)6/h7H,1-6H3,(H2,13,16). The number of nitrogens with two attached hydrogens (primary N) is 1. The Morgan fingerprint density at radius 2 is 1.75 bits per heavy atom. The first kappa shape index (κ1) is 12.7. The molecule has 1 aromatic rings. The molecule has 0 aliphatic rings. The van der Waals surface area contributed by atoms with Crippen molar-refractivity contribution < 1.29 is 4.79 Å². The highest BCUT2D eigenvalue weighted by atomic mass is 16.1. The van der Waals surface area contributed by atoms with E-state index in [1.165, 1.54) is 0 Å². The van der Waals surface area contributed by atoms with E-state index >= 15 is 0 Å². The minimum Gasteiger partial charge on any atom is -0.364 e. The van der Waals surface area contributed by atoms with Crippen LogP contribution in [0.3, 0.4) is 0 Å². The number of aromatic nitrogens is 2. The topological polar surface area (TPSA) is 60.9 Å². The van der Waals surface area contributed by atoms with Crippen molar-refractivity contribution in [3.63, 3.8) is 0 Å². The average molecular weight is 223 g/mol. The van der Waals surface area contributed by atoms with Crippen molar-refractivity contribution in [2.75, 3.05) is 0 Å². The molecule has 0 fully saturated rings. The Bertz CT molecular complexity index is 405. The molecule has 1 aromatic heterocycles. The van der Waals surface area contributed by atoms with Crippen molar-refractivity contribution >= 4 is 5.91 Å². The number of hydrogen-bond acceptors (Lipinski definition) is 2. The predicted molar refractivity (Wildman–Crippen MR) is 64.4 cm³/mol. The van der Waals surface area contributed by atoms with E-state index < -0.39 is 5.91 Å². The van der Waals surface area contributed by atoms with Crippen molar-refractivity contribution in [3.8, 4) is 0 Å². The zero-order chi connectivity index (χ0) is 12.7. The molecule has 0 atom stereocenters. The van der Waals surface area contributed by atoms with Crippen molar-refractivity contribution in [2.24, 2.45) is 5.73 Å². The van der Waals surface area contributed by atoms with Gasteiger partial charge in [-0.1, -0.05) is 20.8 Å². The molecular weight excluding hydrogens is 202 g/mol. The van der Waals surface area contributed by atoms with E-state index in [-0.39, 0.29) is 11.0 Å². The van der Waals surface area contributed by atoms with Crippen LogP contribution in [0.15, 0.2) is 6.07 Å². The summed E-state index contributed by atoms with van der Waals surface area (Å²) in [5, 5.41) is 4.49. The lowest BCUT2D eigenvalue weighted by Gasteiger charge is -2.22. The van der Waals surface area contributed by atoms with Gasteiger partial charge in [-0.15, -0.1) is 0 Å². The van der Waals surface area contributed by atoms with Gasteiger partial charge in [0.25, 0.3) is 5.91 Å². The van der Waals surface area contributed by atoms with Crippen LogP contribution >= 0.6 is 0 Å². The number of carbonyl (C=O) groups excluding carboxylic acids is 1. The molecule has 0 aromatic carbocycles. The van der Waals surface area contributed by atoms with Gasteiger partial charge >= 0.3 is 0 Å². The highest BCUT2D eigenvalue weighted by Crippen LogP contribution is 2.25. The summed E-state index contributed by atoms with van der Waals surface area (Å²) in [6.07, 6.45) is 0. The first-order valence-corrected chi connectivity index (χ1v) is 5.44. The molecular formula is C12H21N3O. The third kappa shape index (κ3) is 2.43. The molecule has 0 aliphatic heterocycles. The lowest BCUT2D eigenvalue weighted by molar-refractivity contribution is 0.0982. The van der Waals surface area contributed by atoms with Gasteiger partial charge in [-0.3, -0.25) is 9.48 Å². The van der Waals surface area contributed by atoms with Crippen LogP contribution in [-0.4, -0.2) is 15.7 Å². The third-order valence-electron chi connectivity index (χ3n) is 2.37. The monoisotopic (exact) mass is 223 g/mol. The Kier molecular flexibility index (Phi) is 2.88. The zero-order valence-electron chi connectivity index (χ0n) is 11.0. The molecule has 4 heteroatoms. The van der Waals surface area contributed by atoms with Crippen molar-refractivity contribution in [3.05, 3.63) is 17.5 Å². The molecule has 4 nitrogen and oxygen atoms in total. The molecule has 1 heterocycles. The second-order valence-corrected chi connectivity index (χ2v) is 6.11. The van der Waals surface area contributed by atoms with E-state index in [0.29, 0.717) is 5.69 Å². The largest absolute Gasteiger partial charge is 0.364 e. The fourth-order valence-corrected chi connectivity index (χ4v) is 1.43. The average Bonchev–Trinajstić information content (AvgIpc) is 2.44. The summed E-state index contributed by atoms with van der Waals surface area (Å²) in [4.78, 5) is 11.4. The van der Waals surface area contributed by atoms with Gasteiger partial charge in [0, 0.05) is 5.41 Å². The second-order valence-electron chi connectivity index (χ2n) is 6.11. The molecule has 90 valence electrons. The van der Waals surface area contributed by atoms with Gasteiger partial charge < -0.3 is 5.73 Å². The normalized spacial score (nSPS) is 12.9. The van der Waals surface area contributed by atoms with E-state index in [2.05, 4.69) is 25.9 Å². The van der Waals surface area contributed by atoms with Crippen LogP contribution in [0.4, 0.5) is 0 Å². The van der Waals surface area contributed by atoms with Gasteiger partial charge in [0.05, 0.1) is 11.2 Å². The molecule has 0 spiro atoms. The van der Waals surface area contributed by atoms with Crippen LogP contribution in [0.5, 0.6) is 0 Å². The van der Waals surface area contributed by atoms with Crippen LogP contribution in [0, 0.1) is 0 Å². The predicted octanol–water partition coefficient (Wildman–Crippen LogP) is 2.03. The molecule has 0 radical (unpaired) electrons. The van der Waals surface area contributed by atoms with Crippen molar-refractivity contribution in [1.82, 2.24) is 9.78 Å². The summed E-state index contributed by atoms with van der Waals surface area (Å²) in [5.74, 6) is -0.432. The first-order valence-electron chi connectivity index (χ1n) is 5.44. The molecule has 1 rings (SSSR count). The molecule has 0 aliphatic carbocycles. The highest BCUT2D eigenvalue weighted by Gasteiger charge is 2.26. The van der Waals surface area contributed by atoms with Crippen LogP contribution < -0.4 is 5.73 Å². The number of rotatable bonds is 1.